The molecule has 3 aromatic heterocycles. The highest BCUT2D eigenvalue weighted by Gasteiger charge is 2.28. The summed E-state index contributed by atoms with van der Waals surface area (Å²) in [6.45, 7) is 0. The van der Waals surface area contributed by atoms with Crippen molar-refractivity contribution in [2.45, 2.75) is 0 Å². The van der Waals surface area contributed by atoms with Gasteiger partial charge in [-0.2, -0.15) is 0 Å². The topological polar surface area (TPSA) is 24.5 Å². The first-order valence-corrected chi connectivity index (χ1v) is 43.3. The molecule has 0 unspecified atom stereocenters. The molecule has 25 rings (SSSR count). The number of benzene rings is 22. The number of fused-ring (bicyclic) bond motifs is 15. The molecule has 0 saturated heterocycles. The Balaban J connectivity index is 0.763. The average Bonchev–Trinajstić information content (AvgIpc) is 1.55. The van der Waals surface area contributed by atoms with Gasteiger partial charge in [0.05, 0.1) is 67.2 Å². The van der Waals surface area contributed by atoms with E-state index in [2.05, 4.69) is 502 Å². The van der Waals surface area contributed by atoms with Gasteiger partial charge in [-0.15, -0.1) is 0 Å². The van der Waals surface area contributed by atoms with Crippen LogP contribution in [0.4, 0.5) is 51.2 Å². The van der Waals surface area contributed by atoms with Gasteiger partial charge in [-0.25, -0.2) is 0 Å². The second-order valence-corrected chi connectivity index (χ2v) is 33.1. The van der Waals surface area contributed by atoms with Crippen LogP contribution in [0.5, 0.6) is 0 Å². The molecule has 0 spiro atoms. The van der Waals surface area contributed by atoms with E-state index in [1.807, 2.05) is 0 Å². The Kier molecular flexibility index (Phi) is 16.9. The highest BCUT2D eigenvalue weighted by atomic mass is 15.2. The lowest BCUT2D eigenvalue weighted by Gasteiger charge is -2.33. The zero-order valence-electron chi connectivity index (χ0n) is 68.7. The summed E-state index contributed by atoms with van der Waals surface area (Å²) in [5, 5.41) is 21.2. The molecular formula is C120H78N6. The summed E-state index contributed by atoms with van der Waals surface area (Å²) in [7, 11) is 0. The minimum atomic E-state index is 0.950. The van der Waals surface area contributed by atoms with E-state index in [0.717, 1.165) is 150 Å². The first-order chi connectivity index (χ1) is 62.5. The largest absolute Gasteiger partial charge is 0.310 e. The number of anilines is 9. The van der Waals surface area contributed by atoms with E-state index in [1.165, 1.54) is 81.3 Å². The van der Waals surface area contributed by atoms with Crippen molar-refractivity contribution in [1.29, 1.82) is 0 Å². The quantitative estimate of drug-likeness (QED) is 0.102. The Labute approximate surface area is 728 Å². The molecule has 25 aromatic rings. The van der Waals surface area contributed by atoms with Gasteiger partial charge in [-0.05, 0) is 246 Å². The summed E-state index contributed by atoms with van der Waals surface area (Å²) >= 11 is 0. The molecule has 6 nitrogen and oxygen atoms in total. The van der Waals surface area contributed by atoms with E-state index in [4.69, 9.17) is 0 Å². The van der Waals surface area contributed by atoms with Crippen molar-refractivity contribution < 1.29 is 0 Å². The third kappa shape index (κ3) is 11.9. The lowest BCUT2D eigenvalue weighted by atomic mass is 9.97. The highest BCUT2D eigenvalue weighted by Crippen LogP contribution is 2.52. The molecule has 0 atom stereocenters. The van der Waals surface area contributed by atoms with E-state index in [-0.39, 0.29) is 0 Å². The molecular weight excluding hydrogens is 1530 g/mol. The van der Waals surface area contributed by atoms with Crippen molar-refractivity contribution in [2.75, 3.05) is 14.7 Å². The van der Waals surface area contributed by atoms with Crippen LogP contribution in [-0.2, 0) is 0 Å². The predicted octanol–water partition coefficient (Wildman–Crippen LogP) is 33.3. The second-order valence-electron chi connectivity index (χ2n) is 33.1. The summed E-state index contributed by atoms with van der Waals surface area (Å²) < 4.78 is 7.48. The van der Waals surface area contributed by atoms with Crippen molar-refractivity contribution in [3.63, 3.8) is 0 Å². The Morgan fingerprint density at radius 1 is 0.127 bits per heavy atom. The summed E-state index contributed by atoms with van der Waals surface area (Å²) in [5.74, 6) is 0. The van der Waals surface area contributed by atoms with Gasteiger partial charge >= 0.3 is 0 Å². The van der Waals surface area contributed by atoms with E-state index >= 15 is 0 Å². The number of aromatic nitrogens is 3. The van der Waals surface area contributed by atoms with Crippen LogP contribution in [0.25, 0.3) is 180 Å². The van der Waals surface area contributed by atoms with Crippen molar-refractivity contribution in [3.05, 3.63) is 473 Å². The third-order valence-electron chi connectivity index (χ3n) is 26.1. The molecule has 22 aromatic carbocycles. The minimum Gasteiger partial charge on any atom is -0.310 e. The lowest BCUT2D eigenvalue weighted by molar-refractivity contribution is 1.19. The van der Waals surface area contributed by atoms with E-state index in [1.54, 1.807) is 0 Å². The standard InChI is InChI=1S/C120H78N6/c1-4-40-88(41-5-1)121(91-61-67-118-109(76-91)106-70-85(100-52-22-34-79-28-10-16-46-97(79)100)58-64-115(106)124(118)112-55-25-37-82-31-13-19-49-103(82)112)94-73-95(122(89-42-6-2-7-43-89)92-62-68-119-110(77-92)107-71-86(101-53-23-35-80-29-11-17-47-98(80)101)59-65-116(107)125(119)113-56-26-38-83-32-14-20-50-104(83)113)75-96(74-94)123(90-44-8-3-9-45-90)93-63-69-120-111(78-93)108-72-87(102-54-24-36-81-30-12-18-48-99(81)102)60-66-117(108)126(120)114-57-27-39-84-33-15-21-51-105(84)114/h1-78H. The van der Waals surface area contributed by atoms with Crippen molar-refractivity contribution in [3.8, 4) is 50.4 Å². The lowest BCUT2D eigenvalue weighted by Crippen LogP contribution is -2.16. The smallest absolute Gasteiger partial charge is 0.0542 e. The van der Waals surface area contributed by atoms with Gasteiger partial charge in [0.25, 0.3) is 0 Å². The second kappa shape index (κ2) is 29.5. The molecule has 0 N–H and O–H groups in total. The van der Waals surface area contributed by atoms with Crippen LogP contribution in [0, 0.1) is 0 Å². The van der Waals surface area contributed by atoms with Crippen LogP contribution >= 0.6 is 0 Å². The fourth-order valence-electron chi connectivity index (χ4n) is 20.4. The van der Waals surface area contributed by atoms with Gasteiger partial charge in [-0.3, -0.25) is 0 Å². The number of rotatable bonds is 15. The third-order valence-corrected chi connectivity index (χ3v) is 26.1. The predicted molar refractivity (Wildman–Crippen MR) is 535 cm³/mol. The van der Waals surface area contributed by atoms with Gasteiger partial charge in [-0.1, -0.05) is 309 Å². The number of para-hydroxylation sites is 3. The van der Waals surface area contributed by atoms with Crippen LogP contribution in [0.2, 0.25) is 0 Å². The maximum absolute atomic E-state index is 2.49. The van der Waals surface area contributed by atoms with Crippen LogP contribution in [0.1, 0.15) is 0 Å². The normalized spacial score (nSPS) is 11.8. The van der Waals surface area contributed by atoms with Gasteiger partial charge < -0.3 is 28.4 Å². The first-order valence-electron chi connectivity index (χ1n) is 43.3. The highest BCUT2D eigenvalue weighted by molar-refractivity contribution is 6.18. The summed E-state index contributed by atoms with van der Waals surface area (Å²) in [4.78, 5) is 7.46. The molecule has 588 valence electrons. The van der Waals surface area contributed by atoms with Crippen LogP contribution < -0.4 is 14.7 Å². The molecule has 0 saturated carbocycles. The molecule has 0 aliphatic heterocycles. The number of hydrogen-bond acceptors (Lipinski definition) is 3. The van der Waals surface area contributed by atoms with E-state index < -0.39 is 0 Å². The summed E-state index contributed by atoms with van der Waals surface area (Å²) in [5.41, 5.74) is 26.0. The van der Waals surface area contributed by atoms with Crippen molar-refractivity contribution in [2.24, 2.45) is 0 Å². The van der Waals surface area contributed by atoms with Crippen LogP contribution in [0.3, 0.4) is 0 Å². The SMILES string of the molecule is c1ccc(N(c2cc(N(c3ccccc3)c3ccc4c(c3)c3cc(-c5cccc6ccccc56)ccc3n4-c3cccc4ccccc34)cc(N(c3ccccc3)c3ccc4c(c3)c3cc(-c5cccc6ccccc56)ccc3n4-c3cccc4ccccc34)c2)c2ccc3c(c2)c2cc(-c4cccc5ccccc45)ccc2n3-c2cccc3ccccc23)cc1. The first kappa shape index (κ1) is 72.1. The van der Waals surface area contributed by atoms with Crippen molar-refractivity contribution >= 4 is 181 Å². The fourth-order valence-corrected chi connectivity index (χ4v) is 20.4. The van der Waals surface area contributed by atoms with E-state index in [9.17, 15) is 0 Å². The maximum Gasteiger partial charge on any atom is 0.0542 e. The van der Waals surface area contributed by atoms with Crippen LogP contribution in [-0.4, -0.2) is 13.7 Å². The molecule has 0 fully saturated rings. The van der Waals surface area contributed by atoms with Crippen LogP contribution in [0.15, 0.2) is 473 Å². The van der Waals surface area contributed by atoms with Gasteiger partial charge in [0, 0.05) is 82.6 Å². The molecule has 0 aliphatic rings. The molecule has 3 heterocycles. The molecule has 0 bridgehead atoms. The van der Waals surface area contributed by atoms with Gasteiger partial charge in [0.2, 0.25) is 0 Å². The number of hydrogen-bond donors (Lipinski definition) is 0. The monoisotopic (exact) mass is 1600 g/mol. The number of nitrogens with zero attached hydrogens (tertiary/aromatic N) is 6. The zero-order valence-corrected chi connectivity index (χ0v) is 68.7. The molecule has 0 amide bonds. The maximum atomic E-state index is 2.49. The zero-order chi connectivity index (χ0) is 82.9. The average molecular weight is 1600 g/mol. The Hall–Kier alpha value is -16.8. The van der Waals surface area contributed by atoms with Gasteiger partial charge in [0.15, 0.2) is 0 Å². The van der Waals surface area contributed by atoms with Crippen molar-refractivity contribution in [1.82, 2.24) is 13.7 Å². The molecule has 0 radical (unpaired) electrons. The van der Waals surface area contributed by atoms with E-state index in [0.29, 0.717) is 0 Å². The Bertz CT molecular complexity index is 7850. The summed E-state index contributed by atoms with van der Waals surface area (Å²) in [6.07, 6.45) is 0. The molecule has 0 aliphatic carbocycles. The van der Waals surface area contributed by atoms with Gasteiger partial charge in [0.1, 0.15) is 0 Å². The summed E-state index contributed by atoms with van der Waals surface area (Å²) in [6, 6.07) is 176. The molecule has 126 heavy (non-hydrogen) atoms. The Morgan fingerprint density at radius 2 is 0.341 bits per heavy atom. The Morgan fingerprint density at radius 3 is 0.619 bits per heavy atom. The minimum absolute atomic E-state index is 0.950. The molecule has 6 heteroatoms. The fraction of sp³-hybridized carbons (Fsp3) is 0.